The van der Waals surface area contributed by atoms with E-state index in [-0.39, 0.29) is 11.8 Å². The molecule has 0 aliphatic rings. The molecule has 0 spiro atoms. The predicted molar refractivity (Wildman–Crippen MR) is 49.7 cm³/mol. The molecular formula is C8H11FN4. The van der Waals surface area contributed by atoms with Crippen LogP contribution in [-0.2, 0) is 0 Å². The van der Waals surface area contributed by atoms with E-state index in [1.54, 1.807) is 19.1 Å². The number of hydrogen-bond acceptors (Lipinski definition) is 2. The van der Waals surface area contributed by atoms with Gasteiger partial charge < -0.3 is 5.73 Å². The summed E-state index contributed by atoms with van der Waals surface area (Å²) in [6, 6.07) is 4.57. The van der Waals surface area contributed by atoms with Crippen molar-refractivity contribution in [2.24, 2.45) is 16.6 Å². The van der Waals surface area contributed by atoms with Crippen LogP contribution < -0.4 is 17.0 Å². The Balaban J connectivity index is 2.98. The number of hydrazine groups is 1. The van der Waals surface area contributed by atoms with Gasteiger partial charge in [0.15, 0.2) is 0 Å². The van der Waals surface area contributed by atoms with Crippen molar-refractivity contribution >= 4 is 11.6 Å². The van der Waals surface area contributed by atoms with Crippen molar-refractivity contribution < 1.29 is 4.39 Å². The smallest absolute Gasteiger partial charge is 0.208 e. The second kappa shape index (κ2) is 3.86. The fourth-order valence-corrected chi connectivity index (χ4v) is 0.823. The molecule has 5 N–H and O–H groups in total. The topological polar surface area (TPSA) is 76.4 Å². The predicted octanol–water partition coefficient (Wildman–Crippen LogP) is 0.544. The largest absolute Gasteiger partial charge is 0.369 e. The van der Waals surface area contributed by atoms with Gasteiger partial charge in [0.05, 0.1) is 5.69 Å². The molecule has 0 saturated heterocycles. The van der Waals surface area contributed by atoms with Crippen LogP contribution in [0.2, 0.25) is 0 Å². The third kappa shape index (κ3) is 2.41. The van der Waals surface area contributed by atoms with Gasteiger partial charge in [0.1, 0.15) is 5.82 Å². The van der Waals surface area contributed by atoms with E-state index >= 15 is 0 Å². The molecule has 0 fully saturated rings. The van der Waals surface area contributed by atoms with E-state index in [1.165, 1.54) is 6.07 Å². The van der Waals surface area contributed by atoms with Crippen LogP contribution in [0.3, 0.4) is 0 Å². The summed E-state index contributed by atoms with van der Waals surface area (Å²) < 4.78 is 13.0. The van der Waals surface area contributed by atoms with Gasteiger partial charge in [0, 0.05) is 0 Å². The van der Waals surface area contributed by atoms with Gasteiger partial charge in [-0.15, -0.1) is 0 Å². The second-order valence-corrected chi connectivity index (χ2v) is 2.57. The first-order chi connectivity index (χ1) is 6.13. The Morgan fingerprint density at radius 3 is 2.77 bits per heavy atom. The number of rotatable bonds is 1. The highest BCUT2D eigenvalue weighted by atomic mass is 19.1. The number of nitrogens with zero attached hydrogens (tertiary/aromatic N) is 1. The van der Waals surface area contributed by atoms with Crippen molar-refractivity contribution in [1.82, 2.24) is 5.43 Å². The summed E-state index contributed by atoms with van der Waals surface area (Å²) in [6.07, 6.45) is 0. The summed E-state index contributed by atoms with van der Waals surface area (Å²) in [4.78, 5) is 3.80. The first-order valence-corrected chi connectivity index (χ1v) is 3.70. The molecule has 4 nitrogen and oxygen atoms in total. The summed E-state index contributed by atoms with van der Waals surface area (Å²) >= 11 is 0. The maximum absolute atomic E-state index is 13.0. The first kappa shape index (κ1) is 9.47. The summed E-state index contributed by atoms with van der Waals surface area (Å²) in [5, 5.41) is 0. The average Bonchev–Trinajstić information content (AvgIpc) is 2.11. The lowest BCUT2D eigenvalue weighted by molar-refractivity contribution is 0.619. The van der Waals surface area contributed by atoms with Crippen LogP contribution in [-0.4, -0.2) is 5.96 Å². The number of hydrogen-bond donors (Lipinski definition) is 3. The van der Waals surface area contributed by atoms with Crippen LogP contribution in [0.15, 0.2) is 23.2 Å². The standard InChI is InChI=1S/C8H11FN4/c1-5-2-3-6(4-7(5)9)12-8(10)13-11/h2-4H,11H2,1H3,(H3,10,12,13). The SMILES string of the molecule is Cc1ccc(N=C(N)NN)cc1F. The van der Waals surface area contributed by atoms with Gasteiger partial charge in [-0.05, 0) is 24.6 Å². The Labute approximate surface area is 75.4 Å². The van der Waals surface area contributed by atoms with E-state index < -0.39 is 0 Å². The molecule has 0 heterocycles. The van der Waals surface area contributed by atoms with Gasteiger partial charge in [-0.3, -0.25) is 5.43 Å². The third-order valence-electron chi connectivity index (χ3n) is 1.55. The number of aliphatic imine (C=N–C) groups is 1. The van der Waals surface area contributed by atoms with Gasteiger partial charge >= 0.3 is 0 Å². The van der Waals surface area contributed by atoms with Crippen molar-refractivity contribution in [1.29, 1.82) is 0 Å². The lowest BCUT2D eigenvalue weighted by Gasteiger charge is -2.00. The third-order valence-corrected chi connectivity index (χ3v) is 1.55. The van der Waals surface area contributed by atoms with Crippen molar-refractivity contribution in [3.63, 3.8) is 0 Å². The molecule has 0 aliphatic heterocycles. The van der Waals surface area contributed by atoms with Gasteiger partial charge in [-0.1, -0.05) is 6.07 Å². The number of nitrogens with two attached hydrogens (primary N) is 2. The lowest BCUT2D eigenvalue weighted by atomic mass is 10.2. The van der Waals surface area contributed by atoms with Crippen molar-refractivity contribution in [3.8, 4) is 0 Å². The Morgan fingerprint density at radius 1 is 1.54 bits per heavy atom. The van der Waals surface area contributed by atoms with Gasteiger partial charge in [0.2, 0.25) is 5.96 Å². The molecule has 0 amide bonds. The highest BCUT2D eigenvalue weighted by molar-refractivity contribution is 5.80. The van der Waals surface area contributed by atoms with Gasteiger partial charge in [-0.2, -0.15) is 0 Å². The number of halogens is 1. The van der Waals surface area contributed by atoms with Gasteiger partial charge in [0.25, 0.3) is 0 Å². The van der Waals surface area contributed by atoms with E-state index in [4.69, 9.17) is 11.6 Å². The Morgan fingerprint density at radius 2 is 2.23 bits per heavy atom. The van der Waals surface area contributed by atoms with E-state index in [9.17, 15) is 4.39 Å². The van der Waals surface area contributed by atoms with Crippen LogP contribution >= 0.6 is 0 Å². The minimum absolute atomic E-state index is 0.0447. The Bertz CT molecular complexity index is 335. The van der Waals surface area contributed by atoms with Crippen molar-refractivity contribution in [2.75, 3.05) is 0 Å². The molecule has 0 aromatic heterocycles. The van der Waals surface area contributed by atoms with Crippen molar-refractivity contribution in [2.45, 2.75) is 6.92 Å². The molecule has 1 rings (SSSR count). The molecule has 70 valence electrons. The monoisotopic (exact) mass is 182 g/mol. The highest BCUT2D eigenvalue weighted by Crippen LogP contribution is 2.15. The molecule has 0 saturated carbocycles. The number of aryl methyl sites for hydroxylation is 1. The van der Waals surface area contributed by atoms with Crippen LogP contribution in [0.1, 0.15) is 5.56 Å². The molecule has 0 atom stereocenters. The molecule has 13 heavy (non-hydrogen) atoms. The molecule has 1 aromatic rings. The molecule has 0 radical (unpaired) electrons. The maximum Gasteiger partial charge on any atom is 0.208 e. The van der Waals surface area contributed by atoms with Gasteiger partial charge in [-0.25, -0.2) is 15.2 Å². The quantitative estimate of drug-likeness (QED) is 0.257. The van der Waals surface area contributed by atoms with Crippen LogP contribution in [0, 0.1) is 12.7 Å². The van der Waals surface area contributed by atoms with Crippen molar-refractivity contribution in [3.05, 3.63) is 29.6 Å². The first-order valence-electron chi connectivity index (χ1n) is 3.70. The fraction of sp³-hybridized carbons (Fsp3) is 0.125. The summed E-state index contributed by atoms with van der Waals surface area (Å²) in [6.45, 7) is 1.67. The number of benzene rings is 1. The lowest BCUT2D eigenvalue weighted by Crippen LogP contribution is -2.36. The molecule has 1 aromatic carbocycles. The Hall–Kier alpha value is -1.62. The normalized spacial score (nSPS) is 11.5. The molecule has 0 aliphatic carbocycles. The number of guanidine groups is 1. The molecular weight excluding hydrogens is 171 g/mol. The van der Waals surface area contributed by atoms with Crippen LogP contribution in [0.25, 0.3) is 0 Å². The van der Waals surface area contributed by atoms with Crippen LogP contribution in [0.5, 0.6) is 0 Å². The van der Waals surface area contributed by atoms with Crippen LogP contribution in [0.4, 0.5) is 10.1 Å². The van der Waals surface area contributed by atoms with E-state index in [2.05, 4.69) is 10.4 Å². The molecule has 5 heteroatoms. The minimum atomic E-state index is -0.314. The Kier molecular flexibility index (Phi) is 2.81. The number of nitrogens with one attached hydrogen (secondary N) is 1. The molecule has 0 bridgehead atoms. The second-order valence-electron chi connectivity index (χ2n) is 2.57. The highest BCUT2D eigenvalue weighted by Gasteiger charge is 1.98. The zero-order valence-corrected chi connectivity index (χ0v) is 7.21. The van der Waals surface area contributed by atoms with E-state index in [0.717, 1.165) is 0 Å². The summed E-state index contributed by atoms with van der Waals surface area (Å²) in [5.74, 6) is 4.72. The maximum atomic E-state index is 13.0. The van der Waals surface area contributed by atoms with E-state index in [0.29, 0.717) is 11.3 Å². The summed E-state index contributed by atoms with van der Waals surface area (Å²) in [7, 11) is 0. The van der Waals surface area contributed by atoms with E-state index in [1.807, 2.05) is 0 Å². The summed E-state index contributed by atoms with van der Waals surface area (Å²) in [5.41, 5.74) is 8.43. The zero-order chi connectivity index (χ0) is 9.84. The minimum Gasteiger partial charge on any atom is -0.369 e. The zero-order valence-electron chi connectivity index (χ0n) is 7.21. The average molecular weight is 182 g/mol. The fourth-order valence-electron chi connectivity index (χ4n) is 0.823. The molecule has 0 unspecified atom stereocenters.